The fourth-order valence-corrected chi connectivity index (χ4v) is 4.43. The average Bonchev–Trinajstić information content (AvgIpc) is 3.08. The van der Waals surface area contributed by atoms with Gasteiger partial charge in [0.2, 0.25) is 0 Å². The fourth-order valence-electron chi connectivity index (χ4n) is 3.11. The van der Waals surface area contributed by atoms with E-state index in [0.29, 0.717) is 12.1 Å². The van der Waals surface area contributed by atoms with E-state index >= 15 is 0 Å². The number of hydrogen-bond acceptors (Lipinski definition) is 4. The minimum Gasteiger partial charge on any atom is -0.337 e. The Morgan fingerprint density at radius 2 is 2.05 bits per heavy atom. The van der Waals surface area contributed by atoms with Crippen LogP contribution in [0, 0.1) is 2.88 Å². The number of rotatable bonds is 2. The molecule has 110 valence electrons. The molecule has 3 heterocycles. The highest BCUT2D eigenvalue weighted by molar-refractivity contribution is 14.1. The number of likely N-dealkylation sites (tertiary alicyclic amines) is 2. The highest BCUT2D eigenvalue weighted by atomic mass is 127. The largest absolute Gasteiger partial charge is 0.337 e. The molecule has 6 heteroatoms. The molecule has 2 saturated heterocycles. The minimum absolute atomic E-state index is 0.195. The van der Waals surface area contributed by atoms with Crippen LogP contribution in [-0.2, 0) is 0 Å². The van der Waals surface area contributed by atoms with Crippen LogP contribution in [0.15, 0.2) is 11.4 Å². The van der Waals surface area contributed by atoms with Gasteiger partial charge in [0.25, 0.3) is 5.91 Å². The summed E-state index contributed by atoms with van der Waals surface area (Å²) in [5.41, 5.74) is 6.81. The van der Waals surface area contributed by atoms with Crippen molar-refractivity contribution < 1.29 is 4.79 Å². The molecule has 3 rings (SSSR count). The van der Waals surface area contributed by atoms with Gasteiger partial charge in [0.15, 0.2) is 0 Å². The van der Waals surface area contributed by atoms with Gasteiger partial charge < -0.3 is 10.6 Å². The lowest BCUT2D eigenvalue weighted by Crippen LogP contribution is -2.46. The van der Waals surface area contributed by atoms with E-state index in [1.807, 2.05) is 16.3 Å². The average molecular weight is 405 g/mol. The van der Waals surface area contributed by atoms with Crippen LogP contribution < -0.4 is 5.73 Å². The van der Waals surface area contributed by atoms with Crippen molar-refractivity contribution in [3.05, 3.63) is 19.9 Å². The zero-order chi connectivity index (χ0) is 14.1. The summed E-state index contributed by atoms with van der Waals surface area (Å²) in [6.07, 6.45) is 3.28. The van der Waals surface area contributed by atoms with E-state index < -0.39 is 0 Å². The van der Waals surface area contributed by atoms with Crippen LogP contribution in [0.4, 0.5) is 0 Å². The quantitative estimate of drug-likeness (QED) is 0.766. The predicted molar refractivity (Wildman–Crippen MR) is 90.1 cm³/mol. The van der Waals surface area contributed by atoms with Gasteiger partial charge in [-0.25, -0.2) is 0 Å². The van der Waals surface area contributed by atoms with Gasteiger partial charge in [0.05, 0.1) is 8.45 Å². The third-order valence-electron chi connectivity index (χ3n) is 4.36. The number of carbonyl (C=O) groups is 1. The van der Waals surface area contributed by atoms with Crippen molar-refractivity contribution >= 4 is 39.8 Å². The predicted octanol–water partition coefficient (Wildman–Crippen LogP) is 1.99. The van der Waals surface area contributed by atoms with E-state index in [1.165, 1.54) is 2.88 Å². The number of nitrogens with zero attached hydrogens (tertiary/aromatic N) is 2. The number of halogens is 1. The summed E-state index contributed by atoms with van der Waals surface area (Å²) >= 11 is 3.90. The Hall–Kier alpha value is -0.180. The lowest BCUT2D eigenvalue weighted by atomic mass is 10.0. The van der Waals surface area contributed by atoms with Gasteiger partial charge >= 0.3 is 0 Å². The summed E-state index contributed by atoms with van der Waals surface area (Å²) in [5, 5.41) is 1.97. The van der Waals surface area contributed by atoms with E-state index in [1.54, 1.807) is 11.3 Å². The Kier molecular flexibility index (Phi) is 4.64. The molecule has 2 aliphatic rings. The summed E-state index contributed by atoms with van der Waals surface area (Å²) in [6.45, 7) is 3.94. The van der Waals surface area contributed by atoms with Crippen molar-refractivity contribution in [2.45, 2.75) is 31.3 Å². The lowest BCUT2D eigenvalue weighted by molar-refractivity contribution is 0.0770. The second-order valence-corrected chi connectivity index (χ2v) is 8.51. The Morgan fingerprint density at radius 1 is 1.30 bits per heavy atom. The van der Waals surface area contributed by atoms with Gasteiger partial charge in [0, 0.05) is 30.6 Å². The maximum atomic E-state index is 12.4. The molecule has 2 aliphatic heterocycles. The van der Waals surface area contributed by atoms with Crippen LogP contribution in [0.1, 0.15) is 29.6 Å². The van der Waals surface area contributed by atoms with Crippen LogP contribution in [-0.4, -0.2) is 54.0 Å². The van der Waals surface area contributed by atoms with E-state index in [9.17, 15) is 4.79 Å². The lowest BCUT2D eigenvalue weighted by Gasteiger charge is -2.34. The van der Waals surface area contributed by atoms with Crippen molar-refractivity contribution in [3.8, 4) is 0 Å². The highest BCUT2D eigenvalue weighted by Crippen LogP contribution is 2.23. The van der Waals surface area contributed by atoms with Crippen LogP contribution in [0.3, 0.4) is 0 Å². The smallest absolute Gasteiger partial charge is 0.254 e. The Balaban J connectivity index is 1.58. The molecule has 1 atom stereocenters. The van der Waals surface area contributed by atoms with Gasteiger partial charge in [-0.3, -0.25) is 9.69 Å². The summed E-state index contributed by atoms with van der Waals surface area (Å²) in [5.74, 6) is 0.195. The fraction of sp³-hybridized carbons (Fsp3) is 0.643. The first-order valence-electron chi connectivity index (χ1n) is 7.16. The standard InChI is InChI=1S/C14H20IN3OS/c15-13-7-10(9-20-13)14(19)18-6-3-12(8-18)17-4-1-11(16)2-5-17/h7,9,11-12H,1-6,8,16H2. The SMILES string of the molecule is NC1CCN(C2CCN(C(=O)c3csc(I)c3)C2)CC1. The summed E-state index contributed by atoms with van der Waals surface area (Å²) in [4.78, 5) is 17.0. The number of carbonyl (C=O) groups excluding carboxylic acids is 1. The highest BCUT2D eigenvalue weighted by Gasteiger charge is 2.32. The molecule has 0 spiro atoms. The third-order valence-corrected chi connectivity index (χ3v) is 6.14. The summed E-state index contributed by atoms with van der Waals surface area (Å²) < 4.78 is 1.17. The Bertz CT molecular complexity index is 485. The number of hydrogen-bond donors (Lipinski definition) is 1. The zero-order valence-electron chi connectivity index (χ0n) is 11.4. The minimum atomic E-state index is 0.195. The van der Waals surface area contributed by atoms with Crippen molar-refractivity contribution in [1.29, 1.82) is 0 Å². The number of piperidine rings is 1. The molecular weight excluding hydrogens is 385 g/mol. The molecule has 0 saturated carbocycles. The molecule has 0 bridgehead atoms. The molecule has 0 aromatic carbocycles. The van der Waals surface area contributed by atoms with Gasteiger partial charge in [0.1, 0.15) is 0 Å². The monoisotopic (exact) mass is 405 g/mol. The zero-order valence-corrected chi connectivity index (χ0v) is 14.4. The molecule has 2 N–H and O–H groups in total. The van der Waals surface area contributed by atoms with Crippen molar-refractivity contribution in [2.24, 2.45) is 5.73 Å². The van der Waals surface area contributed by atoms with Crippen LogP contribution in [0.5, 0.6) is 0 Å². The van der Waals surface area contributed by atoms with Crippen LogP contribution in [0.2, 0.25) is 0 Å². The van der Waals surface area contributed by atoms with Gasteiger partial charge in [-0.1, -0.05) is 0 Å². The maximum Gasteiger partial charge on any atom is 0.254 e. The van der Waals surface area contributed by atoms with Gasteiger partial charge in [-0.05, 0) is 61.0 Å². The van der Waals surface area contributed by atoms with Crippen molar-refractivity contribution in [1.82, 2.24) is 9.80 Å². The molecule has 1 amide bonds. The second kappa shape index (κ2) is 6.29. The molecule has 2 fully saturated rings. The van der Waals surface area contributed by atoms with Crippen molar-refractivity contribution in [2.75, 3.05) is 26.2 Å². The molecule has 20 heavy (non-hydrogen) atoms. The molecule has 1 aromatic heterocycles. The molecular formula is C14H20IN3OS. The summed E-state index contributed by atoms with van der Waals surface area (Å²) in [7, 11) is 0. The van der Waals surface area contributed by atoms with E-state index in [2.05, 4.69) is 27.5 Å². The van der Waals surface area contributed by atoms with E-state index in [-0.39, 0.29) is 5.91 Å². The molecule has 1 unspecified atom stereocenters. The molecule has 0 aliphatic carbocycles. The van der Waals surface area contributed by atoms with Gasteiger partial charge in [-0.2, -0.15) is 0 Å². The van der Waals surface area contributed by atoms with Crippen LogP contribution >= 0.6 is 33.9 Å². The normalized spacial score (nSPS) is 25.3. The van der Waals surface area contributed by atoms with Gasteiger partial charge in [-0.15, -0.1) is 11.3 Å². The molecule has 4 nitrogen and oxygen atoms in total. The Morgan fingerprint density at radius 3 is 2.70 bits per heavy atom. The molecule has 0 radical (unpaired) electrons. The Labute approximate surface area is 137 Å². The topological polar surface area (TPSA) is 49.6 Å². The number of amides is 1. The third kappa shape index (κ3) is 3.18. The summed E-state index contributed by atoms with van der Waals surface area (Å²) in [6, 6.07) is 2.89. The maximum absolute atomic E-state index is 12.4. The van der Waals surface area contributed by atoms with Crippen LogP contribution in [0.25, 0.3) is 0 Å². The number of thiophene rings is 1. The second-order valence-electron chi connectivity index (χ2n) is 5.71. The first-order valence-corrected chi connectivity index (χ1v) is 9.12. The molecule has 1 aromatic rings. The van der Waals surface area contributed by atoms with Crippen molar-refractivity contribution in [3.63, 3.8) is 0 Å². The first kappa shape index (κ1) is 14.7. The number of nitrogens with two attached hydrogens (primary N) is 1. The van der Waals surface area contributed by atoms with E-state index in [4.69, 9.17) is 5.73 Å². The van der Waals surface area contributed by atoms with E-state index in [0.717, 1.165) is 51.0 Å². The first-order chi connectivity index (χ1) is 9.63.